The van der Waals surface area contributed by atoms with Gasteiger partial charge in [-0.3, -0.25) is 0 Å². The van der Waals surface area contributed by atoms with Crippen molar-refractivity contribution in [1.29, 1.82) is 0 Å². The van der Waals surface area contributed by atoms with Gasteiger partial charge in [0.05, 0.1) is 11.0 Å². The number of hydrogen-bond donors (Lipinski definition) is 0. The van der Waals surface area contributed by atoms with E-state index >= 15 is 9.13 Å². The highest BCUT2D eigenvalue weighted by Crippen LogP contribution is 2.54. The fourth-order valence-electron chi connectivity index (χ4n) is 7.61. The lowest BCUT2D eigenvalue weighted by Gasteiger charge is -2.22. The Balaban J connectivity index is 1.23. The fraction of sp³-hybridized carbons (Fsp3) is 0.0417. The first kappa shape index (κ1) is 34.4. The largest absolute Gasteiger partial charge is 0.309 e. The Labute approximate surface area is 320 Å². The smallest absolute Gasteiger partial charge is 0.171 e. The molecule has 0 amide bonds. The quantitative estimate of drug-likeness (QED) is 0.138. The molecule has 9 rings (SSSR count). The molecule has 1 aliphatic carbocycles. The van der Waals surface area contributed by atoms with Crippen LogP contribution in [0.25, 0.3) is 27.5 Å². The van der Waals surface area contributed by atoms with Gasteiger partial charge in [-0.2, -0.15) is 0 Å². The van der Waals surface area contributed by atoms with Crippen LogP contribution in [0, 0.1) is 0 Å². The second kappa shape index (κ2) is 14.5. The molecule has 54 heavy (non-hydrogen) atoms. The van der Waals surface area contributed by atoms with E-state index in [1.165, 1.54) is 4.90 Å². The average molecular weight is 754 g/mol. The van der Waals surface area contributed by atoms with Crippen LogP contribution >= 0.6 is 26.0 Å². The molecule has 1 heterocycles. The molecule has 0 saturated carbocycles. The lowest BCUT2D eigenvalue weighted by molar-refractivity contribution is 0.590. The van der Waals surface area contributed by atoms with Gasteiger partial charge in [-0.1, -0.05) is 139 Å². The van der Waals surface area contributed by atoms with Crippen LogP contribution in [0.4, 0.5) is 0 Å². The number of nitrogens with zero attached hydrogens (tertiary/aromatic N) is 1. The van der Waals surface area contributed by atoms with Crippen LogP contribution in [0.1, 0.15) is 12.8 Å². The van der Waals surface area contributed by atoms with Crippen molar-refractivity contribution in [3.8, 4) is 5.69 Å². The summed E-state index contributed by atoms with van der Waals surface area (Å²) >= 11 is 1.73. The number of aromatic nitrogens is 1. The van der Waals surface area contributed by atoms with Crippen LogP contribution in [-0.2, 0) is 9.13 Å². The van der Waals surface area contributed by atoms with Gasteiger partial charge in [-0.25, -0.2) is 0 Å². The molecule has 0 radical (unpaired) electrons. The Bertz CT molecular complexity index is 2730. The Morgan fingerprint density at radius 2 is 0.944 bits per heavy atom. The zero-order valence-corrected chi connectivity index (χ0v) is 32.1. The number of benzene rings is 7. The van der Waals surface area contributed by atoms with Crippen LogP contribution in [-0.4, -0.2) is 4.57 Å². The van der Waals surface area contributed by atoms with Crippen molar-refractivity contribution in [3.63, 3.8) is 0 Å². The maximum atomic E-state index is 15.5. The second-order valence-electron chi connectivity index (χ2n) is 13.5. The Hall–Kier alpha value is -5.37. The summed E-state index contributed by atoms with van der Waals surface area (Å²) in [5, 5.41) is 7.07. The lowest BCUT2D eigenvalue weighted by Crippen LogP contribution is -2.24. The average Bonchev–Trinajstić information content (AvgIpc) is 3.57. The maximum absolute atomic E-state index is 15.5. The van der Waals surface area contributed by atoms with Crippen molar-refractivity contribution in [3.05, 3.63) is 206 Å². The first-order valence-electron chi connectivity index (χ1n) is 18.2. The van der Waals surface area contributed by atoms with Crippen LogP contribution in [0.3, 0.4) is 0 Å². The van der Waals surface area contributed by atoms with E-state index in [-0.39, 0.29) is 0 Å². The minimum atomic E-state index is -3.17. The Morgan fingerprint density at radius 1 is 0.444 bits per heavy atom. The summed E-state index contributed by atoms with van der Waals surface area (Å²) in [4.78, 5) is 2.30. The summed E-state index contributed by atoms with van der Waals surface area (Å²) in [6.07, 6.45) is 8.19. The highest BCUT2D eigenvalue weighted by atomic mass is 32.2. The molecule has 0 saturated heterocycles. The Morgan fingerprint density at radius 3 is 1.52 bits per heavy atom. The van der Waals surface area contributed by atoms with E-state index < -0.39 is 14.3 Å². The molecule has 262 valence electrons. The van der Waals surface area contributed by atoms with Crippen molar-refractivity contribution < 1.29 is 9.13 Å². The van der Waals surface area contributed by atoms with E-state index in [9.17, 15) is 0 Å². The Kier molecular flexibility index (Phi) is 9.21. The molecule has 1 aromatic heterocycles. The molecule has 1 unspecified atom stereocenters. The van der Waals surface area contributed by atoms with E-state index in [2.05, 4.69) is 95.6 Å². The second-order valence-corrected chi connectivity index (χ2v) is 20.2. The van der Waals surface area contributed by atoms with Crippen LogP contribution in [0.2, 0.25) is 0 Å². The summed E-state index contributed by atoms with van der Waals surface area (Å²) in [5.74, 6) is 0. The van der Waals surface area contributed by atoms with Crippen molar-refractivity contribution in [2.24, 2.45) is 0 Å². The normalized spacial score (nSPS) is 14.2. The summed E-state index contributed by atoms with van der Waals surface area (Å²) < 4.78 is 33.0. The van der Waals surface area contributed by atoms with Gasteiger partial charge >= 0.3 is 0 Å². The molecule has 8 aromatic rings. The zero-order valence-electron chi connectivity index (χ0n) is 29.5. The van der Waals surface area contributed by atoms with Crippen molar-refractivity contribution in [2.45, 2.75) is 22.6 Å². The van der Waals surface area contributed by atoms with Gasteiger partial charge in [-0.05, 0) is 85.6 Å². The van der Waals surface area contributed by atoms with Gasteiger partial charge in [0.2, 0.25) is 0 Å². The standard InChI is InChI=1S/C48H37NO2P2S/c50-52(37-16-6-1-7-17-37,38-18-8-2-9-19-38)41-28-26-36(27-29-41)49-47-32-30-42(53(51,39-20-10-3-11-21-39)40-22-12-4-13-23-40)34-45(47)46-35-44(31-33-48(46)49)54-43-24-14-5-15-25-43/h1-3,5-12,14-35H,4,13H2. The first-order valence-corrected chi connectivity index (χ1v) is 22.4. The molecule has 3 nitrogen and oxygen atoms in total. The SMILES string of the molecule is O=P(C1=CCCC=C1)(c1ccccc1)c1ccc2c(c1)c1cc(Sc3ccccc3)ccc1n2-c1ccc(P(=O)(c2ccccc2)c2ccccc2)cc1. The van der Waals surface area contributed by atoms with E-state index in [0.29, 0.717) is 0 Å². The predicted molar refractivity (Wildman–Crippen MR) is 231 cm³/mol. The maximum Gasteiger partial charge on any atom is 0.171 e. The van der Waals surface area contributed by atoms with E-state index in [1.54, 1.807) is 11.8 Å². The van der Waals surface area contributed by atoms with E-state index in [0.717, 1.165) is 77.1 Å². The fourth-order valence-corrected chi connectivity index (χ4v) is 13.9. The highest BCUT2D eigenvalue weighted by Gasteiger charge is 2.33. The number of fused-ring (bicyclic) bond motifs is 3. The third-order valence-electron chi connectivity index (χ3n) is 10.2. The van der Waals surface area contributed by atoms with Gasteiger partial charge in [0.25, 0.3) is 0 Å². The summed E-state index contributed by atoms with van der Waals surface area (Å²) in [7, 11) is -6.30. The van der Waals surface area contributed by atoms with Crippen LogP contribution in [0.5, 0.6) is 0 Å². The first-order chi connectivity index (χ1) is 26.5. The van der Waals surface area contributed by atoms with Crippen LogP contribution in [0.15, 0.2) is 215 Å². The summed E-state index contributed by atoms with van der Waals surface area (Å²) in [6, 6.07) is 61.1. The molecule has 0 aliphatic heterocycles. The number of allylic oxidation sites excluding steroid dienone is 4. The topological polar surface area (TPSA) is 39.1 Å². The van der Waals surface area contributed by atoms with Gasteiger partial charge in [0.15, 0.2) is 14.3 Å². The number of hydrogen-bond acceptors (Lipinski definition) is 3. The molecule has 0 N–H and O–H groups in total. The lowest BCUT2D eigenvalue weighted by atomic mass is 10.1. The molecule has 0 spiro atoms. The van der Waals surface area contributed by atoms with E-state index in [1.807, 2.05) is 109 Å². The molecule has 6 heteroatoms. The van der Waals surface area contributed by atoms with E-state index in [4.69, 9.17) is 0 Å². The molecule has 1 atom stereocenters. The third kappa shape index (κ3) is 6.05. The highest BCUT2D eigenvalue weighted by molar-refractivity contribution is 7.99. The molecular formula is C48H37NO2P2S. The van der Waals surface area contributed by atoms with Gasteiger partial charge in [0, 0.05) is 58.1 Å². The van der Waals surface area contributed by atoms with Crippen molar-refractivity contribution in [2.75, 3.05) is 0 Å². The summed E-state index contributed by atoms with van der Waals surface area (Å²) in [5.41, 5.74) is 3.03. The molecule has 0 fully saturated rings. The molecule has 1 aliphatic rings. The molecular weight excluding hydrogens is 717 g/mol. The predicted octanol–water partition coefficient (Wildman–Crippen LogP) is 11.1. The molecule has 0 bridgehead atoms. The van der Waals surface area contributed by atoms with Crippen molar-refractivity contribution in [1.82, 2.24) is 4.57 Å². The minimum Gasteiger partial charge on any atom is -0.309 e. The van der Waals surface area contributed by atoms with Crippen molar-refractivity contribution >= 4 is 74.4 Å². The minimum absolute atomic E-state index is 0.783. The summed E-state index contributed by atoms with van der Waals surface area (Å²) in [6.45, 7) is 0. The zero-order chi connectivity index (χ0) is 36.5. The van der Waals surface area contributed by atoms with Crippen LogP contribution < -0.4 is 26.5 Å². The third-order valence-corrected chi connectivity index (χ3v) is 17.4. The monoisotopic (exact) mass is 753 g/mol. The molecule has 7 aromatic carbocycles. The van der Waals surface area contributed by atoms with Gasteiger partial charge in [0.1, 0.15) is 0 Å². The van der Waals surface area contributed by atoms with Gasteiger partial charge in [-0.15, -0.1) is 0 Å². The van der Waals surface area contributed by atoms with Gasteiger partial charge < -0.3 is 13.7 Å². The number of rotatable bonds is 9.